The molecular weight excluding hydrogens is 350 g/mol. The van der Waals surface area contributed by atoms with Gasteiger partial charge in [0.15, 0.2) is 5.13 Å². The third-order valence-corrected chi connectivity index (χ3v) is 4.92. The summed E-state index contributed by atoms with van der Waals surface area (Å²) in [6.45, 7) is 4.19. The first kappa shape index (κ1) is 18.5. The van der Waals surface area contributed by atoms with E-state index in [0.29, 0.717) is 17.7 Å². The smallest absolute Gasteiger partial charge is 0.252 e. The number of ether oxygens (including phenoxy) is 1. The van der Waals surface area contributed by atoms with Crippen LogP contribution in [0.1, 0.15) is 38.3 Å². The minimum absolute atomic E-state index is 0.0394. The highest BCUT2D eigenvalue weighted by Gasteiger charge is 2.21. The number of carbonyl (C=O) groups excluding carboxylic acids is 2. The number of nitrogens with one attached hydrogen (secondary N) is 2. The van der Waals surface area contributed by atoms with Crippen molar-refractivity contribution < 1.29 is 14.3 Å². The van der Waals surface area contributed by atoms with Crippen molar-refractivity contribution in [2.45, 2.75) is 32.7 Å². The molecule has 0 saturated heterocycles. The molecule has 2 amide bonds. The van der Waals surface area contributed by atoms with Crippen LogP contribution in [0.5, 0.6) is 0 Å². The third-order valence-electron chi connectivity index (χ3n) is 4.16. The van der Waals surface area contributed by atoms with E-state index in [1.54, 1.807) is 0 Å². The van der Waals surface area contributed by atoms with E-state index in [1.807, 2.05) is 36.6 Å². The Morgan fingerprint density at radius 3 is 2.69 bits per heavy atom. The first-order valence-corrected chi connectivity index (χ1v) is 9.60. The first-order chi connectivity index (χ1) is 12.5. The maximum atomic E-state index is 11.9. The number of anilines is 1. The summed E-state index contributed by atoms with van der Waals surface area (Å²) in [6.07, 6.45) is 2.42. The van der Waals surface area contributed by atoms with Gasteiger partial charge in [-0.05, 0) is 31.2 Å². The van der Waals surface area contributed by atoms with Gasteiger partial charge in [0, 0.05) is 17.9 Å². The maximum absolute atomic E-state index is 11.9. The molecule has 0 bridgehead atoms. The lowest BCUT2D eigenvalue weighted by Crippen LogP contribution is -2.23. The van der Waals surface area contributed by atoms with Crippen molar-refractivity contribution in [3.05, 3.63) is 35.2 Å². The summed E-state index contributed by atoms with van der Waals surface area (Å²) in [5, 5.41) is 8.11. The number of amides is 2. The average Bonchev–Trinajstić information content (AvgIpc) is 3.31. The zero-order chi connectivity index (χ0) is 18.5. The van der Waals surface area contributed by atoms with Crippen molar-refractivity contribution >= 4 is 28.3 Å². The summed E-state index contributed by atoms with van der Waals surface area (Å²) >= 11 is 1.39. The van der Waals surface area contributed by atoms with Crippen molar-refractivity contribution in [1.29, 1.82) is 0 Å². The Balaban J connectivity index is 1.54. The number of nitrogens with zero attached hydrogens (tertiary/aromatic N) is 1. The fourth-order valence-electron chi connectivity index (χ4n) is 2.55. The fraction of sp³-hybridized carbons (Fsp3) is 0.421. The third kappa shape index (κ3) is 5.37. The quantitative estimate of drug-likeness (QED) is 0.743. The second-order valence-corrected chi connectivity index (χ2v) is 7.45. The van der Waals surface area contributed by atoms with Crippen LogP contribution in [0.4, 0.5) is 5.13 Å². The Bertz CT molecular complexity index is 769. The van der Waals surface area contributed by atoms with E-state index in [-0.39, 0.29) is 24.5 Å². The molecule has 3 rings (SSSR count). The van der Waals surface area contributed by atoms with Gasteiger partial charge in [-0.25, -0.2) is 4.98 Å². The van der Waals surface area contributed by atoms with Gasteiger partial charge in [-0.15, -0.1) is 11.3 Å². The largest absolute Gasteiger partial charge is 0.371 e. The molecule has 1 atom stereocenters. The van der Waals surface area contributed by atoms with Gasteiger partial charge in [0.05, 0.1) is 18.3 Å². The molecule has 0 radical (unpaired) electrons. The average molecular weight is 373 g/mol. The predicted molar refractivity (Wildman–Crippen MR) is 102 cm³/mol. The van der Waals surface area contributed by atoms with Gasteiger partial charge < -0.3 is 10.1 Å². The highest BCUT2D eigenvalue weighted by Crippen LogP contribution is 2.29. The predicted octanol–water partition coefficient (Wildman–Crippen LogP) is 3.37. The molecule has 2 aromatic rings. The summed E-state index contributed by atoms with van der Waals surface area (Å²) in [4.78, 5) is 27.5. The van der Waals surface area contributed by atoms with E-state index in [4.69, 9.17) is 4.74 Å². The molecule has 7 heteroatoms. The summed E-state index contributed by atoms with van der Waals surface area (Å²) < 4.78 is 5.38. The number of hydrogen-bond donors (Lipinski definition) is 2. The first-order valence-electron chi connectivity index (χ1n) is 8.72. The van der Waals surface area contributed by atoms with Crippen molar-refractivity contribution in [2.24, 2.45) is 5.92 Å². The number of benzene rings is 1. The molecule has 0 aliphatic heterocycles. The SMILES string of the molecule is CC(=O)NC(C)c1ccc(-c2csc(NC(=O)COCC3CC3)n2)cc1. The zero-order valence-electron chi connectivity index (χ0n) is 15.0. The van der Waals surface area contributed by atoms with Crippen LogP contribution in [-0.2, 0) is 14.3 Å². The minimum Gasteiger partial charge on any atom is -0.371 e. The van der Waals surface area contributed by atoms with E-state index in [1.165, 1.54) is 31.1 Å². The van der Waals surface area contributed by atoms with Crippen LogP contribution in [0.3, 0.4) is 0 Å². The lowest BCUT2D eigenvalue weighted by atomic mass is 10.1. The van der Waals surface area contributed by atoms with Crippen LogP contribution in [0.25, 0.3) is 11.3 Å². The molecule has 0 spiro atoms. The molecule has 1 aliphatic rings. The van der Waals surface area contributed by atoms with Crippen molar-refractivity contribution in [1.82, 2.24) is 10.3 Å². The molecule has 1 fully saturated rings. The summed E-state index contributed by atoms with van der Waals surface area (Å²) in [6, 6.07) is 7.83. The van der Waals surface area contributed by atoms with E-state index >= 15 is 0 Å². The van der Waals surface area contributed by atoms with E-state index in [2.05, 4.69) is 15.6 Å². The summed E-state index contributed by atoms with van der Waals surface area (Å²) in [5.74, 6) is 0.416. The Morgan fingerprint density at radius 2 is 2.04 bits per heavy atom. The molecule has 1 aromatic heterocycles. The number of aromatic nitrogens is 1. The number of thiazole rings is 1. The van der Waals surface area contributed by atoms with E-state index < -0.39 is 0 Å². The molecule has 1 saturated carbocycles. The van der Waals surface area contributed by atoms with Gasteiger partial charge in [-0.2, -0.15) is 0 Å². The van der Waals surface area contributed by atoms with Gasteiger partial charge in [0.25, 0.3) is 5.91 Å². The van der Waals surface area contributed by atoms with Crippen LogP contribution >= 0.6 is 11.3 Å². The Labute approximate surface area is 157 Å². The van der Waals surface area contributed by atoms with E-state index in [0.717, 1.165) is 16.8 Å². The normalized spacial score (nSPS) is 14.7. The van der Waals surface area contributed by atoms with Crippen LogP contribution in [0.2, 0.25) is 0 Å². The molecule has 1 aliphatic carbocycles. The van der Waals surface area contributed by atoms with Crippen LogP contribution < -0.4 is 10.6 Å². The standard InChI is InChI=1S/C19H23N3O3S/c1-12(20-13(2)23)15-5-7-16(8-6-15)17-11-26-19(21-17)22-18(24)10-25-9-14-3-4-14/h5-8,11-12,14H,3-4,9-10H2,1-2H3,(H,20,23)(H,21,22,24). The molecule has 138 valence electrons. The zero-order valence-corrected chi connectivity index (χ0v) is 15.8. The van der Waals surface area contributed by atoms with Gasteiger partial charge in [-0.3, -0.25) is 14.9 Å². The highest BCUT2D eigenvalue weighted by molar-refractivity contribution is 7.14. The fourth-order valence-corrected chi connectivity index (χ4v) is 3.29. The molecule has 1 aromatic carbocycles. The lowest BCUT2D eigenvalue weighted by molar-refractivity contribution is -0.121. The van der Waals surface area contributed by atoms with Gasteiger partial charge in [0.1, 0.15) is 6.61 Å². The molecule has 26 heavy (non-hydrogen) atoms. The van der Waals surface area contributed by atoms with Crippen molar-refractivity contribution in [3.8, 4) is 11.3 Å². The minimum atomic E-state index is -0.175. The van der Waals surface area contributed by atoms with Gasteiger partial charge in [-0.1, -0.05) is 24.3 Å². The van der Waals surface area contributed by atoms with Gasteiger partial charge >= 0.3 is 0 Å². The number of carbonyl (C=O) groups is 2. The summed E-state index contributed by atoms with van der Waals surface area (Å²) in [7, 11) is 0. The monoisotopic (exact) mass is 373 g/mol. The molecule has 1 unspecified atom stereocenters. The second-order valence-electron chi connectivity index (χ2n) is 6.59. The molecular formula is C19H23N3O3S. The second kappa shape index (κ2) is 8.42. The Kier molecular flexibility index (Phi) is 6.00. The van der Waals surface area contributed by atoms with Crippen LogP contribution in [0, 0.1) is 5.92 Å². The van der Waals surface area contributed by atoms with E-state index in [9.17, 15) is 9.59 Å². The number of hydrogen-bond acceptors (Lipinski definition) is 5. The maximum Gasteiger partial charge on any atom is 0.252 e. The molecule has 6 nitrogen and oxygen atoms in total. The molecule has 2 N–H and O–H groups in total. The lowest BCUT2D eigenvalue weighted by Gasteiger charge is -2.13. The highest BCUT2D eigenvalue weighted by atomic mass is 32.1. The van der Waals surface area contributed by atoms with Gasteiger partial charge in [0.2, 0.25) is 5.91 Å². The van der Waals surface area contributed by atoms with Crippen LogP contribution in [-0.4, -0.2) is 30.0 Å². The Hall–Kier alpha value is -2.25. The Morgan fingerprint density at radius 1 is 1.31 bits per heavy atom. The van der Waals surface area contributed by atoms with Crippen molar-refractivity contribution in [3.63, 3.8) is 0 Å². The number of rotatable bonds is 8. The molecule has 1 heterocycles. The topological polar surface area (TPSA) is 80.3 Å². The van der Waals surface area contributed by atoms with Crippen molar-refractivity contribution in [2.75, 3.05) is 18.5 Å². The summed E-state index contributed by atoms with van der Waals surface area (Å²) in [5.41, 5.74) is 2.80. The van der Waals surface area contributed by atoms with Crippen LogP contribution in [0.15, 0.2) is 29.6 Å².